The second kappa shape index (κ2) is 10.0. The minimum absolute atomic E-state index is 0.0179. The second-order valence-corrected chi connectivity index (χ2v) is 7.18. The number of urea groups is 1. The number of nitrogens with zero attached hydrogens (tertiary/aromatic N) is 2. The van der Waals surface area contributed by atoms with Crippen LogP contribution in [-0.2, 0) is 0 Å². The molecule has 2 aromatic carbocycles. The van der Waals surface area contributed by atoms with E-state index in [-0.39, 0.29) is 5.91 Å². The van der Waals surface area contributed by atoms with Crippen LogP contribution in [0.5, 0.6) is 5.75 Å². The maximum Gasteiger partial charge on any atom is 0.323 e. The van der Waals surface area contributed by atoms with Crippen molar-refractivity contribution in [3.63, 3.8) is 0 Å². The molecule has 0 radical (unpaired) electrons. The van der Waals surface area contributed by atoms with Crippen LogP contribution < -0.4 is 20.3 Å². The number of amides is 3. The smallest absolute Gasteiger partial charge is 0.323 e. The third kappa shape index (κ3) is 4.84. The van der Waals surface area contributed by atoms with E-state index in [4.69, 9.17) is 4.74 Å². The molecule has 7 heteroatoms. The highest BCUT2D eigenvalue weighted by atomic mass is 16.5. The second-order valence-electron chi connectivity index (χ2n) is 7.18. The highest BCUT2D eigenvalue weighted by Gasteiger charge is 2.23. The van der Waals surface area contributed by atoms with E-state index in [0.29, 0.717) is 35.8 Å². The van der Waals surface area contributed by atoms with Crippen molar-refractivity contribution in [2.24, 2.45) is 0 Å². The number of ether oxygens (including phenoxy) is 1. The minimum atomic E-state index is -0.394. The van der Waals surface area contributed by atoms with E-state index >= 15 is 0 Å². The van der Waals surface area contributed by atoms with Crippen LogP contribution in [0.25, 0.3) is 0 Å². The average molecular weight is 411 g/mol. The van der Waals surface area contributed by atoms with Crippen molar-refractivity contribution in [1.29, 1.82) is 0 Å². The third-order valence-electron chi connectivity index (χ3n) is 5.34. The van der Waals surface area contributed by atoms with E-state index in [1.54, 1.807) is 30.2 Å². The number of carbonyl (C=O) groups is 2. The predicted octanol–water partition coefficient (Wildman–Crippen LogP) is 4.42. The van der Waals surface area contributed by atoms with Crippen LogP contribution in [0.3, 0.4) is 0 Å². The molecule has 3 rings (SSSR count). The highest BCUT2D eigenvalue weighted by Crippen LogP contribution is 2.29. The van der Waals surface area contributed by atoms with Gasteiger partial charge in [0.15, 0.2) is 0 Å². The lowest BCUT2D eigenvalue weighted by Gasteiger charge is -2.25. The van der Waals surface area contributed by atoms with E-state index in [9.17, 15) is 9.59 Å². The van der Waals surface area contributed by atoms with Crippen LogP contribution in [0.2, 0.25) is 0 Å². The van der Waals surface area contributed by atoms with Gasteiger partial charge in [-0.3, -0.25) is 4.79 Å². The lowest BCUT2D eigenvalue weighted by Crippen LogP contribution is -2.32. The van der Waals surface area contributed by atoms with E-state index in [2.05, 4.69) is 15.5 Å². The SMILES string of the molecule is CCN(CC)C(=O)c1cc(NC(=O)Nc2ccccc2OC)ccc1N1CCCC1. The zero-order valence-electron chi connectivity index (χ0n) is 17.9. The van der Waals surface area contributed by atoms with Gasteiger partial charge in [-0.05, 0) is 57.0 Å². The Hall–Kier alpha value is -3.22. The summed E-state index contributed by atoms with van der Waals surface area (Å²) in [5.41, 5.74) is 2.70. The fraction of sp³-hybridized carbons (Fsp3) is 0.391. The van der Waals surface area contributed by atoms with Crippen LogP contribution in [0.4, 0.5) is 21.9 Å². The summed E-state index contributed by atoms with van der Waals surface area (Å²) in [6.07, 6.45) is 2.25. The van der Waals surface area contributed by atoms with Gasteiger partial charge in [-0.15, -0.1) is 0 Å². The molecule has 160 valence electrons. The summed E-state index contributed by atoms with van der Waals surface area (Å²) < 4.78 is 5.27. The Bertz CT molecular complexity index is 890. The highest BCUT2D eigenvalue weighted by molar-refractivity contribution is 6.04. The first-order valence-corrected chi connectivity index (χ1v) is 10.5. The number of benzene rings is 2. The maximum atomic E-state index is 13.2. The van der Waals surface area contributed by atoms with E-state index in [1.165, 1.54) is 0 Å². The molecule has 1 aliphatic rings. The number of anilines is 3. The molecule has 2 aromatic rings. The monoisotopic (exact) mass is 410 g/mol. The van der Waals surface area contributed by atoms with Gasteiger partial charge in [-0.25, -0.2) is 4.79 Å². The van der Waals surface area contributed by atoms with Crippen LogP contribution in [-0.4, -0.2) is 50.1 Å². The molecule has 0 saturated carbocycles. The fourth-order valence-corrected chi connectivity index (χ4v) is 3.73. The number of methoxy groups -OCH3 is 1. The van der Waals surface area contributed by atoms with Gasteiger partial charge < -0.3 is 25.2 Å². The van der Waals surface area contributed by atoms with E-state index < -0.39 is 6.03 Å². The van der Waals surface area contributed by atoms with Crippen molar-refractivity contribution in [2.45, 2.75) is 26.7 Å². The first kappa shape index (κ1) is 21.5. The standard InChI is InChI=1S/C23H30N4O3/c1-4-26(5-2)22(28)18-16-17(12-13-20(18)27-14-8-9-15-27)24-23(29)25-19-10-6-7-11-21(19)30-3/h6-7,10-13,16H,4-5,8-9,14-15H2,1-3H3,(H2,24,25,29). The van der Waals surface area contributed by atoms with Crippen molar-refractivity contribution < 1.29 is 14.3 Å². The summed E-state index contributed by atoms with van der Waals surface area (Å²) in [7, 11) is 1.56. The minimum Gasteiger partial charge on any atom is -0.495 e. The summed E-state index contributed by atoms with van der Waals surface area (Å²) in [5, 5.41) is 5.63. The van der Waals surface area contributed by atoms with Crippen molar-refractivity contribution in [1.82, 2.24) is 4.90 Å². The predicted molar refractivity (Wildman–Crippen MR) is 121 cm³/mol. The Kier molecular flexibility index (Phi) is 7.17. The summed E-state index contributed by atoms with van der Waals surface area (Å²) in [6.45, 7) is 7.11. The molecule has 0 unspecified atom stereocenters. The summed E-state index contributed by atoms with van der Waals surface area (Å²) >= 11 is 0. The molecule has 1 fully saturated rings. The van der Waals surface area contributed by atoms with Crippen molar-refractivity contribution >= 4 is 29.0 Å². The number of carbonyl (C=O) groups excluding carboxylic acids is 2. The largest absolute Gasteiger partial charge is 0.495 e. The van der Waals surface area contributed by atoms with Gasteiger partial charge >= 0.3 is 6.03 Å². The summed E-state index contributed by atoms with van der Waals surface area (Å²) in [4.78, 5) is 29.7. The maximum absolute atomic E-state index is 13.2. The lowest BCUT2D eigenvalue weighted by atomic mass is 10.1. The Morgan fingerprint density at radius 3 is 2.40 bits per heavy atom. The van der Waals surface area contributed by atoms with Crippen LogP contribution in [0.1, 0.15) is 37.0 Å². The van der Waals surface area contributed by atoms with Crippen molar-refractivity contribution in [2.75, 3.05) is 48.8 Å². The summed E-state index contributed by atoms with van der Waals surface area (Å²) in [6, 6.07) is 12.4. The first-order chi connectivity index (χ1) is 14.6. The van der Waals surface area contributed by atoms with Crippen molar-refractivity contribution in [3.8, 4) is 5.75 Å². The Morgan fingerprint density at radius 1 is 1.03 bits per heavy atom. The normalized spacial score (nSPS) is 13.1. The molecule has 1 aliphatic heterocycles. The lowest BCUT2D eigenvalue weighted by molar-refractivity contribution is 0.0773. The average Bonchev–Trinajstić information content (AvgIpc) is 3.29. The Balaban J connectivity index is 1.83. The van der Waals surface area contributed by atoms with Gasteiger partial charge in [-0.1, -0.05) is 12.1 Å². The molecule has 0 spiro atoms. The zero-order valence-corrected chi connectivity index (χ0v) is 17.9. The molecule has 0 atom stereocenters. The van der Waals surface area contributed by atoms with Gasteiger partial charge in [0.2, 0.25) is 0 Å². The fourth-order valence-electron chi connectivity index (χ4n) is 3.73. The Labute approximate surface area is 178 Å². The molecule has 0 aromatic heterocycles. The quantitative estimate of drug-likeness (QED) is 0.709. The molecule has 30 heavy (non-hydrogen) atoms. The van der Waals surface area contributed by atoms with Gasteiger partial charge in [0, 0.05) is 37.6 Å². The first-order valence-electron chi connectivity index (χ1n) is 10.5. The number of hydrogen-bond acceptors (Lipinski definition) is 4. The molecule has 7 nitrogen and oxygen atoms in total. The number of rotatable bonds is 7. The molecule has 1 heterocycles. The molecule has 2 N–H and O–H groups in total. The molecular weight excluding hydrogens is 380 g/mol. The molecule has 0 aliphatic carbocycles. The van der Waals surface area contributed by atoms with E-state index in [0.717, 1.165) is 31.6 Å². The molecule has 1 saturated heterocycles. The molecular formula is C23H30N4O3. The Morgan fingerprint density at radius 2 is 1.73 bits per heavy atom. The third-order valence-corrected chi connectivity index (χ3v) is 5.34. The van der Waals surface area contributed by atoms with Gasteiger partial charge in [0.1, 0.15) is 5.75 Å². The van der Waals surface area contributed by atoms with Crippen LogP contribution >= 0.6 is 0 Å². The van der Waals surface area contributed by atoms with Gasteiger partial charge in [0.25, 0.3) is 5.91 Å². The number of hydrogen-bond donors (Lipinski definition) is 2. The number of nitrogens with one attached hydrogen (secondary N) is 2. The number of para-hydroxylation sites is 2. The van der Waals surface area contributed by atoms with Gasteiger partial charge in [-0.2, -0.15) is 0 Å². The van der Waals surface area contributed by atoms with Crippen LogP contribution in [0.15, 0.2) is 42.5 Å². The van der Waals surface area contributed by atoms with Gasteiger partial charge in [0.05, 0.1) is 18.4 Å². The molecule has 0 bridgehead atoms. The van der Waals surface area contributed by atoms with E-state index in [1.807, 2.05) is 38.1 Å². The van der Waals surface area contributed by atoms with Crippen molar-refractivity contribution in [3.05, 3.63) is 48.0 Å². The summed E-state index contributed by atoms with van der Waals surface area (Å²) in [5.74, 6) is 0.560. The van der Waals surface area contributed by atoms with Crippen LogP contribution in [0, 0.1) is 0 Å². The topological polar surface area (TPSA) is 73.9 Å². The zero-order chi connectivity index (χ0) is 21.5. The molecule has 3 amide bonds.